The van der Waals surface area contributed by atoms with Crippen LogP contribution in [0.15, 0.2) is 48.5 Å². The summed E-state index contributed by atoms with van der Waals surface area (Å²) in [6.07, 6.45) is 0. The number of amides is 2. The van der Waals surface area contributed by atoms with Crippen LogP contribution in [0.3, 0.4) is 0 Å². The van der Waals surface area contributed by atoms with Gasteiger partial charge in [-0.25, -0.2) is 4.79 Å². The molecule has 7 heteroatoms. The van der Waals surface area contributed by atoms with Gasteiger partial charge in [0, 0.05) is 16.4 Å². The predicted molar refractivity (Wildman–Crippen MR) is 86.5 cm³/mol. The topological polar surface area (TPSA) is 84.5 Å². The molecule has 0 saturated carbocycles. The van der Waals surface area contributed by atoms with E-state index in [1.54, 1.807) is 24.3 Å². The highest BCUT2D eigenvalue weighted by Crippen LogP contribution is 2.14. The van der Waals surface area contributed by atoms with E-state index in [4.69, 9.17) is 11.6 Å². The van der Waals surface area contributed by atoms with Crippen LogP contribution >= 0.6 is 11.6 Å². The first-order valence-corrected chi connectivity index (χ1v) is 6.93. The van der Waals surface area contributed by atoms with Crippen molar-refractivity contribution in [1.29, 1.82) is 0 Å². The van der Waals surface area contributed by atoms with Crippen molar-refractivity contribution in [1.82, 2.24) is 0 Å². The lowest BCUT2D eigenvalue weighted by molar-refractivity contribution is -0.132. The molecule has 0 spiro atoms. The largest absolute Gasteiger partial charge is 0.465 e. The fourth-order valence-electron chi connectivity index (χ4n) is 1.72. The average molecular weight is 333 g/mol. The summed E-state index contributed by atoms with van der Waals surface area (Å²) in [7, 11) is 1.28. The zero-order chi connectivity index (χ0) is 16.8. The predicted octanol–water partition coefficient (Wildman–Crippen LogP) is 2.70. The van der Waals surface area contributed by atoms with E-state index < -0.39 is 17.8 Å². The molecule has 0 aliphatic carbocycles. The lowest BCUT2D eigenvalue weighted by atomic mass is 10.2. The van der Waals surface area contributed by atoms with Crippen LogP contribution in [0.1, 0.15) is 10.4 Å². The van der Waals surface area contributed by atoms with Crippen molar-refractivity contribution < 1.29 is 19.1 Å². The number of carbonyl (C=O) groups excluding carboxylic acids is 3. The highest BCUT2D eigenvalue weighted by molar-refractivity contribution is 6.43. The first-order chi connectivity index (χ1) is 11.0. The van der Waals surface area contributed by atoms with E-state index >= 15 is 0 Å². The number of halogens is 1. The summed E-state index contributed by atoms with van der Waals surface area (Å²) in [6, 6.07) is 12.3. The van der Waals surface area contributed by atoms with Gasteiger partial charge >= 0.3 is 17.8 Å². The molecule has 0 fully saturated rings. The maximum absolute atomic E-state index is 11.8. The second-order valence-corrected chi connectivity index (χ2v) is 4.92. The minimum Gasteiger partial charge on any atom is -0.465 e. The molecule has 23 heavy (non-hydrogen) atoms. The molecule has 0 aliphatic rings. The second kappa shape index (κ2) is 7.42. The summed E-state index contributed by atoms with van der Waals surface area (Å²) in [4.78, 5) is 34.9. The number of anilines is 2. The van der Waals surface area contributed by atoms with Gasteiger partial charge in [-0.15, -0.1) is 0 Å². The van der Waals surface area contributed by atoms with Gasteiger partial charge in [0.2, 0.25) is 0 Å². The first-order valence-electron chi connectivity index (χ1n) is 6.56. The summed E-state index contributed by atoms with van der Waals surface area (Å²) >= 11 is 5.74. The summed E-state index contributed by atoms with van der Waals surface area (Å²) in [5.41, 5.74) is 1.18. The van der Waals surface area contributed by atoms with Gasteiger partial charge in [0.1, 0.15) is 0 Å². The van der Waals surface area contributed by atoms with Crippen molar-refractivity contribution in [3.8, 4) is 0 Å². The molecule has 0 radical (unpaired) electrons. The van der Waals surface area contributed by atoms with Crippen molar-refractivity contribution in [2.75, 3.05) is 17.7 Å². The molecular weight excluding hydrogens is 320 g/mol. The van der Waals surface area contributed by atoms with E-state index in [2.05, 4.69) is 15.4 Å². The van der Waals surface area contributed by atoms with E-state index in [1.165, 1.54) is 31.4 Å². The lowest BCUT2D eigenvalue weighted by Gasteiger charge is -2.07. The van der Waals surface area contributed by atoms with Crippen LogP contribution in [-0.2, 0) is 14.3 Å². The van der Waals surface area contributed by atoms with Gasteiger partial charge in [0.15, 0.2) is 0 Å². The molecule has 0 aromatic heterocycles. The number of ether oxygens (including phenoxy) is 1. The Hall–Kier alpha value is -2.86. The van der Waals surface area contributed by atoms with Crippen LogP contribution in [0.2, 0.25) is 5.02 Å². The Morgan fingerprint density at radius 3 is 1.70 bits per heavy atom. The van der Waals surface area contributed by atoms with Gasteiger partial charge in [-0.3, -0.25) is 9.59 Å². The standard InChI is InChI=1S/C16H13ClN2O4/c1-23-16(22)10-2-6-12(7-3-10)18-14(20)15(21)19-13-8-4-11(17)5-9-13/h2-9H,1H3,(H,18,20)(H,19,21). The van der Waals surface area contributed by atoms with Gasteiger partial charge in [-0.2, -0.15) is 0 Å². The van der Waals surface area contributed by atoms with Gasteiger partial charge in [-0.05, 0) is 48.5 Å². The summed E-state index contributed by atoms with van der Waals surface area (Å²) in [6.45, 7) is 0. The fourth-order valence-corrected chi connectivity index (χ4v) is 1.84. The second-order valence-electron chi connectivity index (χ2n) is 4.48. The molecule has 2 rings (SSSR count). The third kappa shape index (κ3) is 4.55. The first kappa shape index (κ1) is 16.5. The van der Waals surface area contributed by atoms with Crippen LogP contribution in [0.5, 0.6) is 0 Å². The average Bonchev–Trinajstić information content (AvgIpc) is 2.56. The van der Waals surface area contributed by atoms with E-state index in [-0.39, 0.29) is 0 Å². The van der Waals surface area contributed by atoms with Crippen molar-refractivity contribution in [3.05, 3.63) is 59.1 Å². The quantitative estimate of drug-likeness (QED) is 0.668. The van der Waals surface area contributed by atoms with E-state index in [9.17, 15) is 14.4 Å². The Morgan fingerprint density at radius 1 is 0.826 bits per heavy atom. The van der Waals surface area contributed by atoms with Crippen LogP contribution in [-0.4, -0.2) is 24.9 Å². The maximum atomic E-state index is 11.8. The SMILES string of the molecule is COC(=O)c1ccc(NC(=O)C(=O)Nc2ccc(Cl)cc2)cc1. The molecule has 0 bridgehead atoms. The normalized spacial score (nSPS) is 9.83. The van der Waals surface area contributed by atoms with Gasteiger partial charge < -0.3 is 15.4 Å². The molecule has 2 aromatic rings. The smallest absolute Gasteiger partial charge is 0.337 e. The summed E-state index contributed by atoms with van der Waals surface area (Å²) < 4.78 is 4.57. The van der Waals surface area contributed by atoms with Crippen LogP contribution < -0.4 is 10.6 Å². The molecular formula is C16H13ClN2O4. The lowest BCUT2D eigenvalue weighted by Crippen LogP contribution is -2.29. The molecule has 0 saturated heterocycles. The van der Waals surface area contributed by atoms with Gasteiger partial charge in [0.25, 0.3) is 0 Å². The van der Waals surface area contributed by atoms with Crippen molar-refractivity contribution in [3.63, 3.8) is 0 Å². The number of rotatable bonds is 3. The highest BCUT2D eigenvalue weighted by atomic mass is 35.5. The Kier molecular flexibility index (Phi) is 5.32. The minimum absolute atomic E-state index is 0.344. The van der Waals surface area contributed by atoms with Crippen LogP contribution in [0.25, 0.3) is 0 Å². The Bertz CT molecular complexity index is 727. The van der Waals surface area contributed by atoms with Crippen LogP contribution in [0.4, 0.5) is 11.4 Å². The Balaban J connectivity index is 1.96. The van der Waals surface area contributed by atoms with Crippen molar-refractivity contribution in [2.24, 2.45) is 0 Å². The number of hydrogen-bond acceptors (Lipinski definition) is 4. The number of carbonyl (C=O) groups is 3. The molecule has 0 unspecified atom stereocenters. The molecule has 0 heterocycles. The number of esters is 1. The molecule has 2 N–H and O–H groups in total. The van der Waals surface area contributed by atoms with E-state index in [0.29, 0.717) is 22.0 Å². The number of methoxy groups -OCH3 is 1. The fraction of sp³-hybridized carbons (Fsp3) is 0.0625. The van der Waals surface area contributed by atoms with Gasteiger partial charge in [-0.1, -0.05) is 11.6 Å². The minimum atomic E-state index is -0.828. The molecule has 2 amide bonds. The van der Waals surface area contributed by atoms with E-state index in [1.807, 2.05) is 0 Å². The number of benzene rings is 2. The van der Waals surface area contributed by atoms with E-state index in [0.717, 1.165) is 0 Å². The highest BCUT2D eigenvalue weighted by Gasteiger charge is 2.14. The maximum Gasteiger partial charge on any atom is 0.337 e. The zero-order valence-electron chi connectivity index (χ0n) is 12.1. The molecule has 2 aromatic carbocycles. The molecule has 6 nitrogen and oxygen atoms in total. The van der Waals surface area contributed by atoms with Crippen molar-refractivity contribution in [2.45, 2.75) is 0 Å². The third-order valence-electron chi connectivity index (χ3n) is 2.87. The summed E-state index contributed by atoms with van der Waals surface area (Å²) in [5.74, 6) is -2.13. The Morgan fingerprint density at radius 2 is 1.26 bits per heavy atom. The third-order valence-corrected chi connectivity index (χ3v) is 3.12. The van der Waals surface area contributed by atoms with Gasteiger partial charge in [0.05, 0.1) is 12.7 Å². The Labute approximate surface area is 137 Å². The number of nitrogens with one attached hydrogen (secondary N) is 2. The molecule has 0 aliphatic heterocycles. The van der Waals surface area contributed by atoms with Crippen molar-refractivity contribution >= 4 is 40.8 Å². The monoisotopic (exact) mass is 332 g/mol. The summed E-state index contributed by atoms with van der Waals surface area (Å²) in [5, 5.41) is 5.40. The zero-order valence-corrected chi connectivity index (χ0v) is 12.9. The van der Waals surface area contributed by atoms with Crippen LogP contribution in [0, 0.1) is 0 Å². The molecule has 118 valence electrons. The molecule has 0 atom stereocenters. The number of hydrogen-bond donors (Lipinski definition) is 2.